The van der Waals surface area contributed by atoms with Crippen molar-refractivity contribution in [2.45, 2.75) is 104 Å². The van der Waals surface area contributed by atoms with Crippen LogP contribution in [-0.4, -0.2) is 22.3 Å². The summed E-state index contributed by atoms with van der Waals surface area (Å²) in [5.41, 5.74) is -0.953. The van der Waals surface area contributed by atoms with Crippen molar-refractivity contribution < 1.29 is 14.7 Å². The molecule has 0 heterocycles. The van der Waals surface area contributed by atoms with E-state index < -0.39 is 5.60 Å². The second-order valence-electron chi connectivity index (χ2n) is 12.2. The van der Waals surface area contributed by atoms with Crippen LogP contribution >= 0.6 is 0 Å². The van der Waals surface area contributed by atoms with Gasteiger partial charge in [-0.25, -0.2) is 0 Å². The minimum Gasteiger partial charge on any atom is -0.389 e. The Kier molecular flexibility index (Phi) is 4.30. The van der Waals surface area contributed by atoms with Crippen molar-refractivity contribution in [1.29, 1.82) is 0 Å². The first kappa shape index (κ1) is 20.2. The van der Waals surface area contributed by atoms with Gasteiger partial charge in [-0.05, 0) is 86.9 Å². The van der Waals surface area contributed by atoms with Gasteiger partial charge in [0.1, 0.15) is 11.6 Å². The number of Topliss-reactive ketones (excluding diaryl/α,β-unsaturated/α-hetero) is 2. The number of hydrogen-bond acceptors (Lipinski definition) is 3. The average Bonchev–Trinajstić information content (AvgIpc) is 2.95. The lowest BCUT2D eigenvalue weighted by Gasteiger charge is -2.66. The SMILES string of the molecule is CC(=O)[C@@]12CCCC[C@@H]1C[C@H]1[C@@H]3C[C@@H](C)[C@@]4(O)CC(=O)CC[C@]4(C)[C@H]3CC[C@@]12C. The Morgan fingerprint density at radius 3 is 2.48 bits per heavy atom. The fourth-order valence-electron chi connectivity index (χ4n) is 10.3. The number of fused-ring (bicyclic) bond motifs is 7. The van der Waals surface area contributed by atoms with Gasteiger partial charge in [0.2, 0.25) is 0 Å². The van der Waals surface area contributed by atoms with E-state index in [9.17, 15) is 14.7 Å². The molecule has 0 aliphatic heterocycles. The Bertz CT molecular complexity index is 744. The van der Waals surface area contributed by atoms with Crippen molar-refractivity contribution in [1.82, 2.24) is 0 Å². The van der Waals surface area contributed by atoms with E-state index in [1.54, 1.807) is 0 Å². The van der Waals surface area contributed by atoms with E-state index in [2.05, 4.69) is 20.8 Å². The molecule has 5 saturated carbocycles. The molecule has 0 radical (unpaired) electrons. The Morgan fingerprint density at radius 2 is 1.76 bits per heavy atom. The van der Waals surface area contributed by atoms with Crippen molar-refractivity contribution >= 4 is 11.6 Å². The summed E-state index contributed by atoms with van der Waals surface area (Å²) in [6.07, 6.45) is 11.2. The van der Waals surface area contributed by atoms with Crippen molar-refractivity contribution in [2.24, 2.45) is 45.8 Å². The number of carbonyl (C=O) groups excluding carboxylic acids is 2. The van der Waals surface area contributed by atoms with Crippen molar-refractivity contribution in [3.63, 3.8) is 0 Å². The largest absolute Gasteiger partial charge is 0.389 e. The van der Waals surface area contributed by atoms with Gasteiger partial charge in [-0.3, -0.25) is 9.59 Å². The van der Waals surface area contributed by atoms with Crippen molar-refractivity contribution in [3.05, 3.63) is 0 Å². The molecule has 5 fully saturated rings. The van der Waals surface area contributed by atoms with E-state index in [1.165, 1.54) is 25.7 Å². The average molecular weight is 401 g/mol. The molecule has 29 heavy (non-hydrogen) atoms. The highest BCUT2D eigenvalue weighted by Gasteiger charge is 2.71. The molecule has 162 valence electrons. The van der Waals surface area contributed by atoms with E-state index in [1.807, 2.05) is 6.92 Å². The van der Waals surface area contributed by atoms with Crippen LogP contribution in [0.1, 0.15) is 98.3 Å². The second-order valence-corrected chi connectivity index (χ2v) is 12.2. The minimum absolute atomic E-state index is 0.0959. The molecule has 0 aromatic carbocycles. The first-order valence-corrected chi connectivity index (χ1v) is 12.4. The molecule has 5 aliphatic carbocycles. The summed E-state index contributed by atoms with van der Waals surface area (Å²) in [6.45, 7) is 8.85. The van der Waals surface area contributed by atoms with Crippen molar-refractivity contribution in [2.75, 3.05) is 0 Å². The maximum absolute atomic E-state index is 13.2. The van der Waals surface area contributed by atoms with Crippen LogP contribution in [0.4, 0.5) is 0 Å². The molecule has 3 nitrogen and oxygen atoms in total. The standard InChI is InChI=1S/C26H40O3/c1-16-13-20-21(24(4)11-8-19(28)15-26(16,24)29)9-12-23(3)22(20)14-18-7-5-6-10-25(18,23)17(2)27/h16,18,20-22,29H,5-15H2,1-4H3/t16-,18-,20-,21+,22+,23+,24-,25+,26+/m1/s1. The van der Waals surface area contributed by atoms with Crippen LogP contribution in [-0.2, 0) is 9.59 Å². The lowest BCUT2D eigenvalue weighted by atomic mass is 9.40. The van der Waals surface area contributed by atoms with Crippen LogP contribution in [0.3, 0.4) is 0 Å². The van der Waals surface area contributed by atoms with Crippen LogP contribution in [0, 0.1) is 45.8 Å². The molecule has 0 spiro atoms. The Morgan fingerprint density at radius 1 is 1.00 bits per heavy atom. The van der Waals surface area contributed by atoms with Crippen molar-refractivity contribution in [3.8, 4) is 0 Å². The highest BCUT2D eigenvalue weighted by atomic mass is 16.3. The summed E-state index contributed by atoms with van der Waals surface area (Å²) in [4.78, 5) is 25.5. The lowest BCUT2D eigenvalue weighted by Crippen LogP contribution is -2.66. The Hall–Kier alpha value is -0.700. The summed E-state index contributed by atoms with van der Waals surface area (Å²) >= 11 is 0. The lowest BCUT2D eigenvalue weighted by molar-refractivity contribution is -0.230. The molecule has 5 aliphatic rings. The quantitative estimate of drug-likeness (QED) is 0.647. The van der Waals surface area contributed by atoms with Gasteiger partial charge in [0.25, 0.3) is 0 Å². The molecule has 3 heteroatoms. The molecule has 0 saturated heterocycles. The predicted octanol–water partition coefficient (Wildman–Crippen LogP) is 5.33. The maximum Gasteiger partial charge on any atom is 0.136 e. The zero-order chi connectivity index (χ0) is 20.8. The second kappa shape index (κ2) is 6.17. The summed E-state index contributed by atoms with van der Waals surface area (Å²) in [5, 5.41) is 11.8. The Balaban J connectivity index is 1.56. The van der Waals surface area contributed by atoms with Gasteiger partial charge < -0.3 is 5.11 Å². The van der Waals surface area contributed by atoms with Gasteiger partial charge in [0, 0.05) is 23.7 Å². The van der Waals surface area contributed by atoms with Crippen LogP contribution < -0.4 is 0 Å². The number of hydrogen-bond donors (Lipinski definition) is 1. The summed E-state index contributed by atoms with van der Waals surface area (Å²) in [6, 6.07) is 0. The molecule has 0 unspecified atom stereocenters. The zero-order valence-corrected chi connectivity index (χ0v) is 18.9. The topological polar surface area (TPSA) is 54.4 Å². The normalized spacial score (nSPS) is 56.7. The highest BCUT2D eigenvalue weighted by molar-refractivity contribution is 5.84. The van der Waals surface area contributed by atoms with Crippen LogP contribution in [0.25, 0.3) is 0 Å². The van der Waals surface area contributed by atoms with Gasteiger partial charge in [-0.15, -0.1) is 0 Å². The number of carbonyl (C=O) groups is 2. The molecule has 1 N–H and O–H groups in total. The third kappa shape index (κ3) is 2.24. The predicted molar refractivity (Wildman–Crippen MR) is 113 cm³/mol. The van der Waals surface area contributed by atoms with Crippen LogP contribution in [0.15, 0.2) is 0 Å². The van der Waals surface area contributed by atoms with Crippen LogP contribution in [0.2, 0.25) is 0 Å². The number of aliphatic hydroxyl groups is 1. The first-order chi connectivity index (χ1) is 13.6. The molecule has 5 rings (SSSR count). The van der Waals surface area contributed by atoms with Crippen LogP contribution in [0.5, 0.6) is 0 Å². The molecule has 0 aromatic rings. The van der Waals surface area contributed by atoms with E-state index in [4.69, 9.17) is 0 Å². The highest BCUT2D eigenvalue weighted by Crippen LogP contribution is 2.75. The molecule has 0 amide bonds. The third-order valence-electron chi connectivity index (χ3n) is 11.7. The summed E-state index contributed by atoms with van der Waals surface area (Å²) < 4.78 is 0. The fourth-order valence-corrected chi connectivity index (χ4v) is 10.3. The van der Waals surface area contributed by atoms with Gasteiger partial charge >= 0.3 is 0 Å². The van der Waals surface area contributed by atoms with Gasteiger partial charge in [-0.1, -0.05) is 33.6 Å². The van der Waals surface area contributed by atoms with Gasteiger partial charge in [-0.2, -0.15) is 0 Å². The summed E-state index contributed by atoms with van der Waals surface area (Å²) in [5.74, 6) is 3.15. The minimum atomic E-state index is -0.832. The van der Waals surface area contributed by atoms with E-state index in [0.29, 0.717) is 42.3 Å². The molecular weight excluding hydrogens is 360 g/mol. The molecule has 9 atom stereocenters. The van der Waals surface area contributed by atoms with E-state index >= 15 is 0 Å². The smallest absolute Gasteiger partial charge is 0.136 e. The van der Waals surface area contributed by atoms with E-state index in [0.717, 1.165) is 32.1 Å². The Labute approximate surface area is 176 Å². The molecule has 0 aromatic heterocycles. The van der Waals surface area contributed by atoms with E-state index in [-0.39, 0.29) is 27.9 Å². The number of rotatable bonds is 1. The van der Waals surface area contributed by atoms with Gasteiger partial charge in [0.15, 0.2) is 0 Å². The number of ketones is 2. The summed E-state index contributed by atoms with van der Waals surface area (Å²) in [7, 11) is 0. The molecular formula is C26H40O3. The monoisotopic (exact) mass is 400 g/mol. The van der Waals surface area contributed by atoms with Gasteiger partial charge in [0.05, 0.1) is 5.60 Å². The molecule has 0 bridgehead atoms. The maximum atomic E-state index is 13.2. The fraction of sp³-hybridized carbons (Fsp3) is 0.923. The third-order valence-corrected chi connectivity index (χ3v) is 11.7. The zero-order valence-electron chi connectivity index (χ0n) is 18.9. The first-order valence-electron chi connectivity index (χ1n) is 12.4.